The van der Waals surface area contributed by atoms with E-state index in [-0.39, 0.29) is 0 Å². The Kier molecular flexibility index (Phi) is 8.58. The number of nitrogens with one attached hydrogen (secondary N) is 1. The molecule has 5 aliphatic heterocycles. The number of hydrogen-bond donors (Lipinski definition) is 1. The second-order valence-corrected chi connectivity index (χ2v) is 25.8. The maximum Gasteiger partial charge on any atom is 0.0417 e. The molecule has 9 saturated carbocycles. The molecule has 1 aromatic carbocycles. The summed E-state index contributed by atoms with van der Waals surface area (Å²) in [5, 5.41) is 4.47. The van der Waals surface area contributed by atoms with Gasteiger partial charge in [0.1, 0.15) is 0 Å². The third-order valence-corrected chi connectivity index (χ3v) is 24.3. The van der Waals surface area contributed by atoms with Crippen LogP contribution in [0.5, 0.6) is 0 Å². The van der Waals surface area contributed by atoms with Crippen molar-refractivity contribution in [3.8, 4) is 0 Å². The minimum Gasteiger partial charge on any atom is -0.311 e. The van der Waals surface area contributed by atoms with Crippen molar-refractivity contribution in [1.29, 1.82) is 0 Å². The molecular formula is C56H82N4. The Balaban J connectivity index is 0.884. The van der Waals surface area contributed by atoms with E-state index in [9.17, 15) is 0 Å². The van der Waals surface area contributed by atoms with Crippen LogP contribution >= 0.6 is 0 Å². The molecule has 15 rings (SSSR count). The Morgan fingerprint density at radius 1 is 0.433 bits per heavy atom. The Hall–Kier alpha value is -0.940. The van der Waals surface area contributed by atoms with Crippen LogP contribution in [-0.4, -0.2) is 81.2 Å². The summed E-state index contributed by atoms with van der Waals surface area (Å²) in [7, 11) is 0. The minimum atomic E-state index is 0.758. The van der Waals surface area contributed by atoms with Crippen molar-refractivity contribution < 1.29 is 0 Å². The first-order chi connectivity index (χ1) is 29.6. The van der Waals surface area contributed by atoms with Gasteiger partial charge in [0.05, 0.1) is 0 Å². The molecular weight excluding hydrogens is 729 g/mol. The lowest BCUT2D eigenvalue weighted by molar-refractivity contribution is -0.230. The van der Waals surface area contributed by atoms with Crippen molar-refractivity contribution in [2.75, 3.05) is 0 Å². The normalized spacial score (nSPS) is 58.5. The van der Waals surface area contributed by atoms with Crippen LogP contribution in [0.25, 0.3) is 0 Å². The highest BCUT2D eigenvalue weighted by molar-refractivity contribution is 5.33. The van der Waals surface area contributed by atoms with Crippen LogP contribution < -0.4 is 5.32 Å². The molecule has 0 spiro atoms. The maximum absolute atomic E-state index is 4.47. The number of fused-ring (bicyclic) bond motifs is 19. The summed E-state index contributed by atoms with van der Waals surface area (Å²) < 4.78 is 0. The van der Waals surface area contributed by atoms with Gasteiger partial charge in [-0.05, 0) is 178 Å². The molecule has 0 bridgehead atoms. The van der Waals surface area contributed by atoms with Gasteiger partial charge in [-0.2, -0.15) is 0 Å². The number of benzene rings is 1. The first kappa shape index (κ1) is 37.3. The van der Waals surface area contributed by atoms with E-state index in [1.807, 2.05) is 0 Å². The molecule has 326 valence electrons. The highest BCUT2D eigenvalue weighted by atomic mass is 15.5. The number of rotatable bonds is 1. The standard InChI is InChI=1S/C56H82N4/c1-30-13-3-7-17-35(30)40-27-42-46(23-31(40)2)60-53-38-20-10-6-16-34(38)26-50-56(53)59(49-25-33-15-5-9-19-37(33)52(42)55(49)60)48-24-32-14-4-8-18-36(32)51-43-28-41-39-21-11-12-22-44(39)57-45(41)29-47(43)58(50)54(48)51/h3,7,13,17,31-34,36-57H,4-6,8-12,14-16,18-29H2,1-2H3. The van der Waals surface area contributed by atoms with Crippen molar-refractivity contribution in [3.63, 3.8) is 0 Å². The molecule has 1 aromatic rings. The molecule has 5 heterocycles. The molecule has 1 N–H and O–H groups in total. The van der Waals surface area contributed by atoms with Crippen LogP contribution in [0.4, 0.5) is 0 Å². The average Bonchev–Trinajstić information content (AvgIpc) is 3.93. The van der Waals surface area contributed by atoms with Crippen molar-refractivity contribution in [3.05, 3.63) is 35.4 Å². The van der Waals surface area contributed by atoms with E-state index in [2.05, 4.69) is 58.1 Å². The Morgan fingerprint density at radius 3 is 1.70 bits per heavy atom. The summed E-state index contributed by atoms with van der Waals surface area (Å²) in [4.78, 5) is 10.8. The highest BCUT2D eigenvalue weighted by Crippen LogP contribution is 2.69. The molecule has 0 amide bonds. The summed E-state index contributed by atoms with van der Waals surface area (Å²) in [6.07, 6.45) is 35.4. The number of aryl methyl sites for hydroxylation is 1. The van der Waals surface area contributed by atoms with Crippen LogP contribution in [0.2, 0.25) is 0 Å². The maximum atomic E-state index is 4.47. The summed E-state index contributed by atoms with van der Waals surface area (Å²) in [5.41, 5.74) is 3.30. The topological polar surface area (TPSA) is 21.8 Å². The average molecular weight is 811 g/mol. The van der Waals surface area contributed by atoms with E-state index in [1.54, 1.807) is 88.2 Å². The largest absolute Gasteiger partial charge is 0.311 e. The molecule has 14 aliphatic rings. The molecule has 4 heteroatoms. The second-order valence-electron chi connectivity index (χ2n) is 25.8. The minimum absolute atomic E-state index is 0.758. The van der Waals surface area contributed by atoms with E-state index >= 15 is 0 Å². The molecule has 14 fully saturated rings. The lowest BCUT2D eigenvalue weighted by Crippen LogP contribution is -2.84. The zero-order valence-electron chi connectivity index (χ0n) is 37.8. The summed E-state index contributed by atoms with van der Waals surface area (Å²) >= 11 is 0. The van der Waals surface area contributed by atoms with Gasteiger partial charge in [0.15, 0.2) is 0 Å². The van der Waals surface area contributed by atoms with E-state index in [0.29, 0.717) is 0 Å². The molecule has 25 atom stereocenters. The third kappa shape index (κ3) is 4.96. The van der Waals surface area contributed by atoms with Crippen LogP contribution in [0, 0.1) is 83.9 Å². The predicted molar refractivity (Wildman–Crippen MR) is 241 cm³/mol. The Bertz CT molecular complexity index is 1830. The molecule has 4 nitrogen and oxygen atoms in total. The van der Waals surface area contributed by atoms with Gasteiger partial charge in [-0.25, -0.2) is 0 Å². The quantitative estimate of drug-likeness (QED) is 0.305. The van der Waals surface area contributed by atoms with Gasteiger partial charge in [0.2, 0.25) is 0 Å². The van der Waals surface area contributed by atoms with Crippen molar-refractivity contribution in [2.45, 2.75) is 234 Å². The van der Waals surface area contributed by atoms with Gasteiger partial charge < -0.3 is 5.32 Å². The zero-order valence-corrected chi connectivity index (χ0v) is 37.8. The number of nitrogens with zero attached hydrogens (tertiary/aromatic N) is 3. The fourth-order valence-corrected chi connectivity index (χ4v) is 22.9. The van der Waals surface area contributed by atoms with Gasteiger partial charge >= 0.3 is 0 Å². The lowest BCUT2D eigenvalue weighted by Gasteiger charge is -2.72. The molecule has 25 unspecified atom stereocenters. The van der Waals surface area contributed by atoms with E-state index in [0.717, 1.165) is 149 Å². The first-order valence-electron chi connectivity index (χ1n) is 27.7. The Morgan fingerprint density at radius 2 is 0.983 bits per heavy atom. The van der Waals surface area contributed by atoms with Gasteiger partial charge in [-0.15, -0.1) is 0 Å². The molecule has 0 aromatic heterocycles. The van der Waals surface area contributed by atoms with Crippen LogP contribution in [0.3, 0.4) is 0 Å². The van der Waals surface area contributed by atoms with Crippen molar-refractivity contribution in [1.82, 2.24) is 20.0 Å². The monoisotopic (exact) mass is 811 g/mol. The van der Waals surface area contributed by atoms with Gasteiger partial charge in [-0.1, -0.05) is 102 Å². The molecule has 60 heavy (non-hydrogen) atoms. The van der Waals surface area contributed by atoms with Gasteiger partial charge in [0, 0.05) is 66.5 Å². The van der Waals surface area contributed by atoms with Crippen LogP contribution in [0.15, 0.2) is 24.3 Å². The fourth-order valence-electron chi connectivity index (χ4n) is 22.9. The fraction of sp³-hybridized carbons (Fsp3) is 0.893. The van der Waals surface area contributed by atoms with Crippen molar-refractivity contribution >= 4 is 0 Å². The summed E-state index contributed by atoms with van der Waals surface area (Å²) in [5.74, 6) is 13.5. The van der Waals surface area contributed by atoms with E-state index in [1.165, 1.54) is 70.6 Å². The Labute approximate surface area is 364 Å². The first-order valence-corrected chi connectivity index (χ1v) is 27.7. The van der Waals surface area contributed by atoms with Crippen LogP contribution in [0.1, 0.15) is 172 Å². The van der Waals surface area contributed by atoms with E-state index < -0.39 is 0 Å². The number of hydrogen-bond acceptors (Lipinski definition) is 4. The van der Waals surface area contributed by atoms with Gasteiger partial charge in [-0.3, -0.25) is 14.7 Å². The zero-order chi connectivity index (χ0) is 39.1. The molecule has 9 aliphatic carbocycles. The molecule has 0 radical (unpaired) electrons. The third-order valence-electron chi connectivity index (χ3n) is 24.3. The molecule has 5 saturated heterocycles. The van der Waals surface area contributed by atoms with Gasteiger partial charge in [0.25, 0.3) is 0 Å². The lowest BCUT2D eigenvalue weighted by atomic mass is 9.53. The number of piperazine rings is 2. The van der Waals surface area contributed by atoms with E-state index in [4.69, 9.17) is 0 Å². The highest BCUT2D eigenvalue weighted by Gasteiger charge is 2.75. The van der Waals surface area contributed by atoms with Crippen LogP contribution in [-0.2, 0) is 0 Å². The summed E-state index contributed by atoms with van der Waals surface area (Å²) in [6.45, 7) is 5.16. The smallest absolute Gasteiger partial charge is 0.0417 e. The van der Waals surface area contributed by atoms with Crippen molar-refractivity contribution in [2.24, 2.45) is 76.9 Å². The predicted octanol–water partition coefficient (Wildman–Crippen LogP) is 10.8. The SMILES string of the molecule is Cc1ccccc1C1CC2C3C4CCCCC4CC4C3N(C2CC1C)C1C2CCCCC2CC2C1N4C1CC3CCCCC3C3C4CC5C(CC4N2C31)NC1CCCCC15. The second kappa shape index (κ2) is 13.8. The summed E-state index contributed by atoms with van der Waals surface area (Å²) in [6, 6.07) is 19.0.